The molecule has 1 atom stereocenters. The molecule has 0 bridgehead atoms. The zero-order valence-electron chi connectivity index (χ0n) is 8.54. The lowest BCUT2D eigenvalue weighted by molar-refractivity contribution is 0.572. The van der Waals surface area contributed by atoms with Crippen LogP contribution < -0.4 is 10.5 Å². The topological polar surface area (TPSA) is 127 Å². The van der Waals surface area contributed by atoms with Crippen molar-refractivity contribution in [2.24, 2.45) is 5.73 Å². The van der Waals surface area contributed by atoms with Crippen LogP contribution >= 0.6 is 12.2 Å². The predicted octanol–water partition coefficient (Wildman–Crippen LogP) is -1.32. The monoisotopic (exact) mass is 264 g/mol. The lowest BCUT2D eigenvalue weighted by atomic mass is 10.3. The Kier molecular flexibility index (Phi) is 4.26. The minimum absolute atomic E-state index is 0.0437. The van der Waals surface area contributed by atoms with Crippen LogP contribution in [-0.4, -0.2) is 39.3 Å². The van der Waals surface area contributed by atoms with Gasteiger partial charge in [-0.3, -0.25) is 0 Å². The zero-order valence-corrected chi connectivity index (χ0v) is 10.2. The number of sulfonamides is 1. The maximum absolute atomic E-state index is 11.7. The van der Waals surface area contributed by atoms with E-state index < -0.39 is 15.3 Å². The maximum atomic E-state index is 11.7. The first kappa shape index (κ1) is 12.9. The van der Waals surface area contributed by atoms with E-state index in [-0.39, 0.29) is 17.4 Å². The minimum Gasteiger partial charge on any atom is -0.392 e. The first-order valence-corrected chi connectivity index (χ1v) is 6.43. The van der Waals surface area contributed by atoms with E-state index in [1.807, 2.05) is 0 Å². The third-order valence-corrected chi connectivity index (χ3v) is 4.20. The summed E-state index contributed by atoms with van der Waals surface area (Å²) in [6.45, 7) is 1.65. The molecule has 10 heteroatoms. The number of rotatable bonds is 6. The van der Waals surface area contributed by atoms with Crippen molar-refractivity contribution in [3.63, 3.8) is 0 Å². The Balaban J connectivity index is 2.67. The van der Waals surface area contributed by atoms with Crippen molar-refractivity contribution in [3.8, 4) is 0 Å². The highest BCUT2D eigenvalue weighted by atomic mass is 32.2. The molecular weight excluding hydrogens is 252 g/mol. The molecule has 90 valence electrons. The van der Waals surface area contributed by atoms with Crippen LogP contribution in [0.15, 0.2) is 0 Å². The van der Waals surface area contributed by atoms with Crippen molar-refractivity contribution < 1.29 is 8.42 Å². The number of tetrazole rings is 1. The van der Waals surface area contributed by atoms with E-state index in [0.29, 0.717) is 6.42 Å². The van der Waals surface area contributed by atoms with Crippen LogP contribution in [0.5, 0.6) is 0 Å². The van der Waals surface area contributed by atoms with Crippen molar-refractivity contribution in [1.82, 2.24) is 25.3 Å². The SMILES string of the molecule is CCC(C(N)=S)S(=O)(=O)NCc1nn[nH]n1. The van der Waals surface area contributed by atoms with Gasteiger partial charge in [0.2, 0.25) is 10.0 Å². The summed E-state index contributed by atoms with van der Waals surface area (Å²) in [5.41, 5.74) is 5.34. The molecule has 0 aliphatic heterocycles. The van der Waals surface area contributed by atoms with Crippen LogP contribution in [0, 0.1) is 0 Å². The molecule has 0 aliphatic carbocycles. The van der Waals surface area contributed by atoms with Gasteiger partial charge in [0.15, 0.2) is 5.82 Å². The van der Waals surface area contributed by atoms with Crippen LogP contribution in [0.25, 0.3) is 0 Å². The Morgan fingerprint density at radius 1 is 1.69 bits per heavy atom. The first-order valence-electron chi connectivity index (χ1n) is 4.47. The van der Waals surface area contributed by atoms with Gasteiger partial charge in [0.25, 0.3) is 0 Å². The number of aromatic amines is 1. The van der Waals surface area contributed by atoms with Gasteiger partial charge in [-0.15, -0.1) is 10.2 Å². The Bertz CT molecular complexity index is 442. The zero-order chi connectivity index (χ0) is 12.2. The van der Waals surface area contributed by atoms with E-state index in [9.17, 15) is 8.42 Å². The van der Waals surface area contributed by atoms with Gasteiger partial charge >= 0.3 is 0 Å². The Morgan fingerprint density at radius 3 is 2.81 bits per heavy atom. The second-order valence-electron chi connectivity index (χ2n) is 2.99. The maximum Gasteiger partial charge on any atom is 0.221 e. The van der Waals surface area contributed by atoms with Crippen molar-refractivity contribution in [1.29, 1.82) is 0 Å². The molecule has 0 fully saturated rings. The molecule has 16 heavy (non-hydrogen) atoms. The molecule has 0 spiro atoms. The summed E-state index contributed by atoms with van der Waals surface area (Å²) < 4.78 is 25.8. The summed E-state index contributed by atoms with van der Waals surface area (Å²) in [6.07, 6.45) is 0.316. The fourth-order valence-corrected chi connectivity index (χ4v) is 2.92. The van der Waals surface area contributed by atoms with Crippen molar-refractivity contribution in [2.75, 3.05) is 0 Å². The van der Waals surface area contributed by atoms with E-state index in [4.69, 9.17) is 5.73 Å². The molecule has 8 nitrogen and oxygen atoms in total. The molecular formula is C6H12N6O2S2. The third kappa shape index (κ3) is 3.18. The molecule has 1 aromatic rings. The normalized spacial score (nSPS) is 13.6. The van der Waals surface area contributed by atoms with E-state index >= 15 is 0 Å². The molecule has 0 saturated heterocycles. The van der Waals surface area contributed by atoms with Gasteiger partial charge in [-0.2, -0.15) is 5.21 Å². The van der Waals surface area contributed by atoms with Crippen LogP contribution in [0.1, 0.15) is 19.2 Å². The van der Waals surface area contributed by atoms with E-state index in [1.54, 1.807) is 6.92 Å². The number of thiocarbonyl (C=S) groups is 1. The highest BCUT2D eigenvalue weighted by Crippen LogP contribution is 2.05. The van der Waals surface area contributed by atoms with Gasteiger partial charge in [-0.25, -0.2) is 13.1 Å². The molecule has 0 aliphatic rings. The number of nitrogens with two attached hydrogens (primary N) is 1. The van der Waals surface area contributed by atoms with Gasteiger partial charge in [0, 0.05) is 0 Å². The average Bonchev–Trinajstić information content (AvgIpc) is 2.67. The molecule has 0 amide bonds. The number of nitrogens with zero attached hydrogens (tertiary/aromatic N) is 3. The molecule has 4 N–H and O–H groups in total. The second kappa shape index (κ2) is 5.27. The Hall–Kier alpha value is -1.13. The van der Waals surface area contributed by atoms with Gasteiger partial charge in [0.1, 0.15) is 5.25 Å². The molecule has 0 saturated carbocycles. The third-order valence-electron chi connectivity index (χ3n) is 1.88. The van der Waals surface area contributed by atoms with Crippen LogP contribution in [0.3, 0.4) is 0 Å². The minimum atomic E-state index is -3.59. The van der Waals surface area contributed by atoms with E-state index in [0.717, 1.165) is 0 Å². The highest BCUT2D eigenvalue weighted by molar-refractivity contribution is 7.93. The lowest BCUT2D eigenvalue weighted by Gasteiger charge is -2.14. The molecule has 0 radical (unpaired) electrons. The summed E-state index contributed by atoms with van der Waals surface area (Å²) in [6, 6.07) is 0. The number of nitrogens with one attached hydrogen (secondary N) is 2. The summed E-state index contributed by atoms with van der Waals surface area (Å²) >= 11 is 4.69. The Labute approximate surface area is 98.0 Å². The fraction of sp³-hybridized carbons (Fsp3) is 0.667. The summed E-state index contributed by atoms with van der Waals surface area (Å²) in [4.78, 5) is -0.0527. The summed E-state index contributed by atoms with van der Waals surface area (Å²) in [7, 11) is -3.59. The second-order valence-corrected chi connectivity index (χ2v) is 5.41. The molecule has 1 unspecified atom stereocenters. The number of hydrogen-bond acceptors (Lipinski definition) is 6. The van der Waals surface area contributed by atoms with Gasteiger partial charge < -0.3 is 5.73 Å². The summed E-state index contributed by atoms with van der Waals surface area (Å²) in [5, 5.41) is 11.9. The van der Waals surface area contributed by atoms with E-state index in [2.05, 4.69) is 37.6 Å². The number of hydrogen-bond donors (Lipinski definition) is 3. The quantitative estimate of drug-likeness (QED) is 0.544. The largest absolute Gasteiger partial charge is 0.392 e. The van der Waals surface area contributed by atoms with Crippen molar-refractivity contribution >= 4 is 27.2 Å². The predicted molar refractivity (Wildman–Crippen MR) is 60.8 cm³/mol. The molecule has 1 rings (SSSR count). The smallest absolute Gasteiger partial charge is 0.221 e. The van der Waals surface area contributed by atoms with Crippen molar-refractivity contribution in [2.45, 2.75) is 25.1 Å². The van der Waals surface area contributed by atoms with Crippen LogP contribution in [-0.2, 0) is 16.6 Å². The van der Waals surface area contributed by atoms with Gasteiger partial charge in [-0.05, 0) is 6.42 Å². The lowest BCUT2D eigenvalue weighted by Crippen LogP contribution is -2.41. The van der Waals surface area contributed by atoms with Gasteiger partial charge in [-0.1, -0.05) is 24.4 Å². The first-order chi connectivity index (χ1) is 7.47. The Morgan fingerprint density at radius 2 is 2.38 bits per heavy atom. The number of H-pyrrole nitrogens is 1. The standard InChI is InChI=1S/C6H12N6O2S2/c1-2-4(6(7)15)16(13,14)8-3-5-9-11-12-10-5/h4,8H,2-3H2,1H3,(H2,7,15)(H,9,10,11,12). The summed E-state index contributed by atoms with van der Waals surface area (Å²) in [5.74, 6) is 0.251. The van der Waals surface area contributed by atoms with Crippen LogP contribution in [0.2, 0.25) is 0 Å². The molecule has 1 heterocycles. The van der Waals surface area contributed by atoms with Gasteiger partial charge in [0.05, 0.1) is 11.5 Å². The van der Waals surface area contributed by atoms with Crippen LogP contribution in [0.4, 0.5) is 0 Å². The average molecular weight is 264 g/mol. The molecule has 1 aromatic heterocycles. The van der Waals surface area contributed by atoms with Crippen molar-refractivity contribution in [3.05, 3.63) is 5.82 Å². The fourth-order valence-electron chi connectivity index (χ4n) is 1.10. The van der Waals surface area contributed by atoms with E-state index in [1.165, 1.54) is 0 Å². The number of aromatic nitrogens is 4. The molecule has 0 aromatic carbocycles. The highest BCUT2D eigenvalue weighted by Gasteiger charge is 2.26.